The highest BCUT2D eigenvalue weighted by molar-refractivity contribution is 7.99. The van der Waals surface area contributed by atoms with Crippen LogP contribution in [0.5, 0.6) is 0 Å². The van der Waals surface area contributed by atoms with Crippen LogP contribution in [-0.4, -0.2) is 32.2 Å². The van der Waals surface area contributed by atoms with E-state index in [0.717, 1.165) is 23.4 Å². The number of thioether (sulfide) groups is 1. The summed E-state index contributed by atoms with van der Waals surface area (Å²) in [6.45, 7) is 8.12. The first-order valence-electron chi connectivity index (χ1n) is 11.3. The van der Waals surface area contributed by atoms with Gasteiger partial charge < -0.3 is 10.6 Å². The van der Waals surface area contributed by atoms with Gasteiger partial charge in [-0.2, -0.15) is 4.98 Å². The van der Waals surface area contributed by atoms with Gasteiger partial charge in [0.15, 0.2) is 5.78 Å². The molecule has 8 heteroatoms. The topological polar surface area (TPSA) is 88.9 Å². The average Bonchev–Trinajstić information content (AvgIpc) is 3.21. The van der Waals surface area contributed by atoms with Crippen molar-refractivity contribution in [2.75, 3.05) is 16.4 Å². The van der Waals surface area contributed by atoms with Crippen LogP contribution in [0.4, 0.5) is 11.6 Å². The molecule has 0 spiro atoms. The van der Waals surface area contributed by atoms with Crippen LogP contribution < -0.4 is 10.6 Å². The second-order valence-electron chi connectivity index (χ2n) is 8.87. The van der Waals surface area contributed by atoms with Crippen LogP contribution >= 0.6 is 11.8 Å². The third-order valence-corrected chi connectivity index (χ3v) is 6.46. The predicted octanol–water partition coefficient (Wildman–Crippen LogP) is 5.49. The molecule has 1 aromatic heterocycles. The normalized spacial score (nSPS) is 15.1. The Kier molecular flexibility index (Phi) is 7.17. The summed E-state index contributed by atoms with van der Waals surface area (Å²) in [4.78, 5) is 30.5. The molecule has 0 bridgehead atoms. The van der Waals surface area contributed by atoms with E-state index in [2.05, 4.69) is 34.6 Å². The molecule has 2 heterocycles. The van der Waals surface area contributed by atoms with Gasteiger partial charge in [0.05, 0.1) is 17.4 Å². The van der Waals surface area contributed by atoms with Crippen LogP contribution in [-0.2, 0) is 4.79 Å². The maximum atomic E-state index is 13.3. The van der Waals surface area contributed by atoms with E-state index in [4.69, 9.17) is 0 Å². The molecule has 0 unspecified atom stereocenters. The molecule has 0 saturated heterocycles. The molecule has 34 heavy (non-hydrogen) atoms. The summed E-state index contributed by atoms with van der Waals surface area (Å²) in [5.41, 5.74) is 3.93. The summed E-state index contributed by atoms with van der Waals surface area (Å²) in [5.74, 6) is 1.04. The molecule has 7 nitrogen and oxygen atoms in total. The van der Waals surface area contributed by atoms with E-state index in [9.17, 15) is 9.59 Å². The fraction of sp³-hybridized carbons (Fsp3) is 0.308. The number of carbonyl (C=O) groups is 2. The Labute approximate surface area is 204 Å². The number of anilines is 2. The van der Waals surface area contributed by atoms with Crippen LogP contribution in [0.15, 0.2) is 71.0 Å². The van der Waals surface area contributed by atoms with Gasteiger partial charge in [0.1, 0.15) is 0 Å². The zero-order valence-electron chi connectivity index (χ0n) is 19.8. The number of rotatable bonds is 8. The van der Waals surface area contributed by atoms with Crippen LogP contribution in [0.2, 0.25) is 0 Å². The van der Waals surface area contributed by atoms with Crippen molar-refractivity contribution in [3.8, 4) is 0 Å². The highest BCUT2D eigenvalue weighted by Crippen LogP contribution is 2.36. The van der Waals surface area contributed by atoms with Crippen molar-refractivity contribution in [2.45, 2.75) is 45.3 Å². The number of carbonyl (C=O) groups excluding carboxylic acids is 2. The number of nitrogens with one attached hydrogen (secondary N) is 2. The number of amides is 1. The van der Waals surface area contributed by atoms with E-state index in [1.54, 1.807) is 4.68 Å². The molecule has 0 saturated carbocycles. The first-order valence-corrected chi connectivity index (χ1v) is 12.3. The molecule has 4 rings (SSSR count). The lowest BCUT2D eigenvalue weighted by atomic mass is 9.94. The number of Topliss-reactive ketones (excluding diaryl/α,β-unsaturated/α-hetero) is 1. The van der Waals surface area contributed by atoms with Gasteiger partial charge in [-0.3, -0.25) is 9.59 Å². The van der Waals surface area contributed by atoms with Crippen LogP contribution in [0.25, 0.3) is 0 Å². The van der Waals surface area contributed by atoms with Crippen molar-refractivity contribution in [1.29, 1.82) is 0 Å². The Balaban J connectivity index is 1.54. The lowest BCUT2D eigenvalue weighted by Gasteiger charge is -2.29. The number of hydrogen-bond acceptors (Lipinski definition) is 6. The third-order valence-electron chi connectivity index (χ3n) is 5.62. The molecule has 2 aromatic carbocycles. The van der Waals surface area contributed by atoms with Crippen molar-refractivity contribution < 1.29 is 9.59 Å². The van der Waals surface area contributed by atoms with E-state index in [1.165, 1.54) is 11.8 Å². The van der Waals surface area contributed by atoms with Crippen molar-refractivity contribution >= 4 is 35.1 Å². The van der Waals surface area contributed by atoms with E-state index < -0.39 is 0 Å². The van der Waals surface area contributed by atoms with Gasteiger partial charge in [-0.15, -0.1) is 5.10 Å². The summed E-state index contributed by atoms with van der Waals surface area (Å²) < 4.78 is 1.78. The molecule has 1 amide bonds. The van der Waals surface area contributed by atoms with Gasteiger partial charge in [0.25, 0.3) is 5.91 Å². The second-order valence-corrected chi connectivity index (χ2v) is 9.81. The number of para-hydroxylation sites is 1. The van der Waals surface area contributed by atoms with E-state index in [-0.39, 0.29) is 23.5 Å². The number of fused-ring (bicyclic) bond motifs is 1. The molecular formula is C26H29N5O2S. The first kappa shape index (κ1) is 23.8. The van der Waals surface area contributed by atoms with Crippen molar-refractivity contribution in [2.24, 2.45) is 5.92 Å². The molecule has 3 aromatic rings. The molecule has 176 valence electrons. The SMILES string of the molecule is CC1=C(C(=O)Nc2ccccc2)[C@@H](CC(C)C)n2nc(SCC(=O)c3ccc(C)cc3)nc2N1. The summed E-state index contributed by atoms with van der Waals surface area (Å²) in [7, 11) is 0. The van der Waals surface area contributed by atoms with Gasteiger partial charge >= 0.3 is 0 Å². The van der Waals surface area contributed by atoms with E-state index in [1.807, 2.05) is 68.4 Å². The third kappa shape index (κ3) is 5.39. The minimum absolute atomic E-state index is 0.0293. The summed E-state index contributed by atoms with van der Waals surface area (Å²) >= 11 is 1.30. The van der Waals surface area contributed by atoms with Crippen LogP contribution in [0, 0.1) is 12.8 Å². The highest BCUT2D eigenvalue weighted by atomic mass is 32.2. The van der Waals surface area contributed by atoms with Crippen LogP contribution in [0.1, 0.15) is 49.2 Å². The molecule has 1 atom stereocenters. The fourth-order valence-corrected chi connectivity index (χ4v) is 4.66. The maximum Gasteiger partial charge on any atom is 0.255 e. The van der Waals surface area contributed by atoms with Crippen molar-refractivity contribution in [3.63, 3.8) is 0 Å². The maximum absolute atomic E-state index is 13.3. The second kappa shape index (κ2) is 10.3. The number of aromatic nitrogens is 3. The molecule has 0 aliphatic carbocycles. The molecular weight excluding hydrogens is 446 g/mol. The minimum Gasteiger partial charge on any atom is -0.328 e. The Hall–Kier alpha value is -3.39. The quantitative estimate of drug-likeness (QED) is 0.331. The van der Waals surface area contributed by atoms with E-state index in [0.29, 0.717) is 28.2 Å². The van der Waals surface area contributed by atoms with Crippen LogP contribution in [0.3, 0.4) is 0 Å². The van der Waals surface area contributed by atoms with E-state index >= 15 is 0 Å². The largest absolute Gasteiger partial charge is 0.328 e. The molecule has 0 fully saturated rings. The lowest BCUT2D eigenvalue weighted by Crippen LogP contribution is -2.31. The number of allylic oxidation sites excluding steroid dienone is 1. The predicted molar refractivity (Wildman–Crippen MR) is 136 cm³/mol. The number of ketones is 1. The van der Waals surface area contributed by atoms with Crippen molar-refractivity contribution in [1.82, 2.24) is 14.8 Å². The number of hydrogen-bond donors (Lipinski definition) is 2. The first-order chi connectivity index (χ1) is 16.3. The highest BCUT2D eigenvalue weighted by Gasteiger charge is 2.33. The standard InChI is InChI=1S/C26H29N5O2S/c1-16(2)14-21-23(24(33)28-20-8-6-5-7-9-20)18(4)27-25-29-26(30-31(21)25)34-15-22(32)19-12-10-17(3)11-13-19/h5-13,16,21H,14-15H2,1-4H3,(H,28,33)(H,27,29,30)/t21-/m1/s1. The fourth-order valence-electron chi connectivity index (χ4n) is 3.93. The van der Waals surface area contributed by atoms with Gasteiger partial charge in [-0.05, 0) is 38.3 Å². The molecule has 1 aliphatic heterocycles. The van der Waals surface area contributed by atoms with Gasteiger partial charge in [-0.25, -0.2) is 4.68 Å². The number of benzene rings is 2. The zero-order chi connectivity index (χ0) is 24.2. The average molecular weight is 476 g/mol. The van der Waals surface area contributed by atoms with Crippen molar-refractivity contribution in [3.05, 3.63) is 77.0 Å². The molecule has 2 N–H and O–H groups in total. The Morgan fingerprint density at radius 3 is 2.47 bits per heavy atom. The van der Waals surface area contributed by atoms with Gasteiger partial charge in [-0.1, -0.05) is 73.6 Å². The smallest absolute Gasteiger partial charge is 0.255 e. The Morgan fingerprint density at radius 2 is 1.79 bits per heavy atom. The summed E-state index contributed by atoms with van der Waals surface area (Å²) in [6.07, 6.45) is 0.735. The molecule has 1 aliphatic rings. The Bertz CT molecular complexity index is 1220. The monoisotopic (exact) mass is 475 g/mol. The number of nitrogens with zero attached hydrogens (tertiary/aromatic N) is 3. The zero-order valence-corrected chi connectivity index (χ0v) is 20.6. The lowest BCUT2D eigenvalue weighted by molar-refractivity contribution is -0.113. The number of aryl methyl sites for hydroxylation is 1. The van der Waals surface area contributed by atoms with Gasteiger partial charge in [0.2, 0.25) is 11.1 Å². The summed E-state index contributed by atoms with van der Waals surface area (Å²) in [6, 6.07) is 16.7. The Morgan fingerprint density at radius 1 is 1.09 bits per heavy atom. The summed E-state index contributed by atoms with van der Waals surface area (Å²) in [5, 5.41) is 11.4. The molecule has 0 radical (unpaired) electrons. The van der Waals surface area contributed by atoms with Gasteiger partial charge in [0, 0.05) is 16.9 Å². The minimum atomic E-state index is -0.255.